The smallest absolute Gasteiger partial charge is 0.327 e. The van der Waals surface area contributed by atoms with Gasteiger partial charge in [-0.1, -0.05) is 25.4 Å². The van der Waals surface area contributed by atoms with Crippen molar-refractivity contribution in [2.45, 2.75) is 52.3 Å². The Morgan fingerprint density at radius 2 is 1.77 bits per heavy atom. The van der Waals surface area contributed by atoms with Crippen LogP contribution < -0.4 is 4.90 Å². The zero-order valence-corrected chi connectivity index (χ0v) is 14.7. The first-order valence-electron chi connectivity index (χ1n) is 7.64. The molecule has 0 aliphatic carbocycles. The van der Waals surface area contributed by atoms with Gasteiger partial charge in [0.1, 0.15) is 5.72 Å². The van der Waals surface area contributed by atoms with Crippen molar-refractivity contribution in [2.75, 3.05) is 11.4 Å². The minimum absolute atomic E-state index is 0.169. The molecular weight excluding hydrogens is 300 g/mol. The molecule has 2 amide bonds. The summed E-state index contributed by atoms with van der Waals surface area (Å²) < 4.78 is 0. The second-order valence-corrected chi connectivity index (χ2v) is 7.74. The number of carbonyl (C=O) groups excluding carboxylic acids is 1. The van der Waals surface area contributed by atoms with Gasteiger partial charge >= 0.3 is 6.03 Å². The molecule has 0 unspecified atom stereocenters. The number of carbonyl (C=O) groups is 1. The van der Waals surface area contributed by atoms with Crippen LogP contribution in [0.3, 0.4) is 0 Å². The highest BCUT2D eigenvalue weighted by molar-refractivity contribution is 6.30. The van der Waals surface area contributed by atoms with Crippen LogP contribution in [-0.4, -0.2) is 33.8 Å². The minimum Gasteiger partial charge on any atom is -0.371 e. The van der Waals surface area contributed by atoms with Gasteiger partial charge in [-0.2, -0.15) is 0 Å². The molecule has 0 saturated carbocycles. The van der Waals surface area contributed by atoms with Crippen LogP contribution in [0.25, 0.3) is 0 Å². The molecule has 1 heterocycles. The van der Waals surface area contributed by atoms with Crippen LogP contribution in [-0.2, 0) is 0 Å². The Kier molecular flexibility index (Phi) is 4.46. The molecule has 1 fully saturated rings. The summed E-state index contributed by atoms with van der Waals surface area (Å²) in [5.41, 5.74) is -0.973. The molecule has 0 bridgehead atoms. The van der Waals surface area contributed by atoms with Crippen molar-refractivity contribution in [3.05, 3.63) is 29.3 Å². The summed E-state index contributed by atoms with van der Waals surface area (Å²) in [6.07, 6.45) is 0.473. The number of anilines is 1. The molecule has 2 rings (SSSR count). The Morgan fingerprint density at radius 1 is 1.23 bits per heavy atom. The zero-order chi connectivity index (χ0) is 16.7. The third-order valence-electron chi connectivity index (χ3n) is 4.03. The van der Waals surface area contributed by atoms with Gasteiger partial charge in [-0.25, -0.2) is 4.79 Å². The lowest BCUT2D eigenvalue weighted by molar-refractivity contribution is -0.0280. The Morgan fingerprint density at radius 3 is 2.27 bits per heavy atom. The minimum atomic E-state index is -1.23. The highest BCUT2D eigenvalue weighted by Gasteiger charge is 2.50. The van der Waals surface area contributed by atoms with Crippen LogP contribution in [0.5, 0.6) is 0 Å². The molecular formula is C17H25ClN2O2. The Balaban J connectivity index is 2.43. The normalized spacial score (nSPS) is 25.0. The summed E-state index contributed by atoms with van der Waals surface area (Å²) in [5.74, 6) is 0.360. The summed E-state index contributed by atoms with van der Waals surface area (Å²) in [5, 5.41) is 11.5. The zero-order valence-electron chi connectivity index (χ0n) is 13.9. The second-order valence-electron chi connectivity index (χ2n) is 7.31. The fourth-order valence-electron chi connectivity index (χ4n) is 3.25. The molecule has 1 saturated heterocycles. The van der Waals surface area contributed by atoms with Crippen LogP contribution in [0.1, 0.15) is 41.0 Å². The van der Waals surface area contributed by atoms with E-state index in [2.05, 4.69) is 13.8 Å². The van der Waals surface area contributed by atoms with Gasteiger partial charge in [0.15, 0.2) is 0 Å². The summed E-state index contributed by atoms with van der Waals surface area (Å²) in [6.45, 7) is 10.5. The van der Waals surface area contributed by atoms with Crippen LogP contribution >= 0.6 is 11.6 Å². The lowest BCUT2D eigenvalue weighted by atomic mass is 9.87. The number of hydrogen-bond acceptors (Lipinski definition) is 2. The fourth-order valence-corrected chi connectivity index (χ4v) is 3.37. The predicted molar refractivity (Wildman–Crippen MR) is 90.2 cm³/mol. The van der Waals surface area contributed by atoms with Crippen molar-refractivity contribution in [1.82, 2.24) is 4.90 Å². The molecule has 0 aromatic heterocycles. The number of benzene rings is 1. The second kappa shape index (κ2) is 5.74. The molecule has 1 atom stereocenters. The maximum absolute atomic E-state index is 13.0. The fraction of sp³-hybridized carbons (Fsp3) is 0.588. The summed E-state index contributed by atoms with van der Waals surface area (Å²) in [4.78, 5) is 16.4. The van der Waals surface area contributed by atoms with Crippen LogP contribution in [0.4, 0.5) is 10.5 Å². The van der Waals surface area contributed by atoms with Gasteiger partial charge in [0.25, 0.3) is 0 Å². The van der Waals surface area contributed by atoms with Gasteiger partial charge in [0, 0.05) is 29.2 Å². The summed E-state index contributed by atoms with van der Waals surface area (Å²) >= 11 is 5.92. The molecule has 1 aromatic carbocycles. The van der Waals surface area contributed by atoms with Crippen LogP contribution in [0.2, 0.25) is 5.02 Å². The number of halogens is 1. The maximum atomic E-state index is 13.0. The van der Waals surface area contributed by atoms with Gasteiger partial charge in [-0.15, -0.1) is 0 Å². The number of nitrogens with zero attached hydrogens (tertiary/aromatic N) is 2. The standard InChI is InChI=1S/C17H25ClN2O2/c1-12(2)10-19-15(21)20(14-8-6-13(18)7-9-14)17(5,22)11-16(19,3)4/h6-9,12,22H,10-11H2,1-5H3/t17-/m1/s1. The van der Waals surface area contributed by atoms with Gasteiger partial charge in [-0.3, -0.25) is 4.90 Å². The molecule has 0 radical (unpaired) electrons. The Hall–Kier alpha value is -1.26. The summed E-state index contributed by atoms with van der Waals surface area (Å²) in [6, 6.07) is 6.82. The molecule has 1 N–H and O–H groups in total. The van der Waals surface area contributed by atoms with E-state index in [1.54, 1.807) is 31.2 Å². The Labute approximate surface area is 137 Å². The van der Waals surface area contributed by atoms with E-state index in [4.69, 9.17) is 11.6 Å². The highest BCUT2D eigenvalue weighted by atomic mass is 35.5. The molecule has 4 nitrogen and oxygen atoms in total. The quantitative estimate of drug-likeness (QED) is 0.909. The van der Waals surface area contributed by atoms with Crippen LogP contribution in [0, 0.1) is 5.92 Å². The maximum Gasteiger partial charge on any atom is 0.327 e. The first-order chi connectivity index (χ1) is 10.0. The molecule has 22 heavy (non-hydrogen) atoms. The number of amides is 2. The van der Waals surface area contributed by atoms with E-state index in [1.165, 1.54) is 4.90 Å². The van der Waals surface area contributed by atoms with Crippen molar-refractivity contribution < 1.29 is 9.90 Å². The topological polar surface area (TPSA) is 43.8 Å². The highest BCUT2D eigenvalue weighted by Crippen LogP contribution is 2.39. The van der Waals surface area contributed by atoms with Crippen molar-refractivity contribution in [2.24, 2.45) is 5.92 Å². The SMILES string of the molecule is CC(C)CN1C(=O)N(c2ccc(Cl)cc2)[C@](C)(O)CC1(C)C. The van der Waals surface area contributed by atoms with Crippen molar-refractivity contribution in [3.63, 3.8) is 0 Å². The lowest BCUT2D eigenvalue weighted by Crippen LogP contribution is -2.68. The number of urea groups is 1. The first kappa shape index (κ1) is 17.1. The number of hydrogen-bond donors (Lipinski definition) is 1. The predicted octanol–water partition coefficient (Wildman–Crippen LogP) is 4.12. The largest absolute Gasteiger partial charge is 0.371 e. The molecule has 1 aromatic rings. The van der Waals surface area contributed by atoms with Crippen molar-refractivity contribution >= 4 is 23.3 Å². The van der Waals surface area contributed by atoms with Gasteiger partial charge in [-0.05, 0) is 51.0 Å². The van der Waals surface area contributed by atoms with Crippen LogP contribution in [0.15, 0.2) is 24.3 Å². The third kappa shape index (κ3) is 3.23. The van der Waals surface area contributed by atoms with E-state index in [1.807, 2.05) is 18.7 Å². The monoisotopic (exact) mass is 324 g/mol. The van der Waals surface area contributed by atoms with Crippen molar-refractivity contribution in [3.8, 4) is 0 Å². The van der Waals surface area contributed by atoms with E-state index >= 15 is 0 Å². The van der Waals surface area contributed by atoms with E-state index in [0.29, 0.717) is 29.6 Å². The third-order valence-corrected chi connectivity index (χ3v) is 4.29. The van der Waals surface area contributed by atoms with E-state index < -0.39 is 11.3 Å². The van der Waals surface area contributed by atoms with E-state index in [-0.39, 0.29) is 6.03 Å². The summed E-state index contributed by atoms with van der Waals surface area (Å²) in [7, 11) is 0. The Bertz CT molecular complexity index is 552. The number of rotatable bonds is 3. The van der Waals surface area contributed by atoms with Crippen molar-refractivity contribution in [1.29, 1.82) is 0 Å². The van der Waals surface area contributed by atoms with E-state index in [9.17, 15) is 9.90 Å². The molecule has 1 aliphatic rings. The van der Waals surface area contributed by atoms with Gasteiger partial charge in [0.2, 0.25) is 0 Å². The first-order valence-corrected chi connectivity index (χ1v) is 8.02. The number of aliphatic hydroxyl groups is 1. The average Bonchev–Trinajstić information content (AvgIpc) is 2.35. The van der Waals surface area contributed by atoms with Gasteiger partial charge in [0.05, 0.1) is 0 Å². The lowest BCUT2D eigenvalue weighted by Gasteiger charge is -2.54. The molecule has 122 valence electrons. The van der Waals surface area contributed by atoms with Gasteiger partial charge < -0.3 is 10.0 Å². The van der Waals surface area contributed by atoms with E-state index in [0.717, 1.165) is 0 Å². The molecule has 1 aliphatic heterocycles. The molecule has 0 spiro atoms. The molecule has 5 heteroatoms. The average molecular weight is 325 g/mol.